The van der Waals surface area contributed by atoms with Crippen LogP contribution in [0.4, 0.5) is 0 Å². The van der Waals surface area contributed by atoms with Gasteiger partial charge in [-0.2, -0.15) is 0 Å². The van der Waals surface area contributed by atoms with E-state index in [2.05, 4.69) is 43.5 Å². The van der Waals surface area contributed by atoms with E-state index in [4.69, 9.17) is 25.8 Å². The van der Waals surface area contributed by atoms with Crippen LogP contribution in [0.15, 0.2) is 75.8 Å². The van der Waals surface area contributed by atoms with E-state index in [9.17, 15) is 4.79 Å². The Kier molecular flexibility index (Phi) is 7.17. The first-order valence-corrected chi connectivity index (χ1v) is 11.7. The molecular weight excluding hydrogens is 609 g/mol. The molecule has 1 aliphatic heterocycles. The molecular formula is C24H16BrClINO4. The minimum atomic E-state index is -0.533. The molecule has 0 fully saturated rings. The summed E-state index contributed by atoms with van der Waals surface area (Å²) in [6.07, 6.45) is 1.60. The van der Waals surface area contributed by atoms with Crippen molar-refractivity contribution in [3.05, 3.63) is 96.1 Å². The Balaban J connectivity index is 1.60. The lowest BCUT2D eigenvalue weighted by molar-refractivity contribution is -0.129. The zero-order valence-corrected chi connectivity index (χ0v) is 21.3. The van der Waals surface area contributed by atoms with Crippen molar-refractivity contribution >= 4 is 68.1 Å². The number of esters is 1. The molecule has 0 unspecified atom stereocenters. The van der Waals surface area contributed by atoms with Gasteiger partial charge in [0.2, 0.25) is 5.90 Å². The molecule has 1 heterocycles. The topological polar surface area (TPSA) is 57.1 Å². The predicted octanol–water partition coefficient (Wildman–Crippen LogP) is 6.64. The van der Waals surface area contributed by atoms with E-state index in [1.165, 1.54) is 7.11 Å². The maximum absolute atomic E-state index is 12.4. The van der Waals surface area contributed by atoms with Gasteiger partial charge >= 0.3 is 5.97 Å². The van der Waals surface area contributed by atoms with Crippen molar-refractivity contribution < 1.29 is 19.0 Å². The number of ether oxygens (including phenoxy) is 3. The van der Waals surface area contributed by atoms with Crippen LogP contribution in [0.3, 0.4) is 0 Å². The number of methoxy groups -OCH3 is 1. The van der Waals surface area contributed by atoms with Gasteiger partial charge in [0.25, 0.3) is 0 Å². The number of aliphatic imine (C=N–C) groups is 1. The van der Waals surface area contributed by atoms with E-state index < -0.39 is 5.97 Å². The fourth-order valence-electron chi connectivity index (χ4n) is 3.01. The summed E-state index contributed by atoms with van der Waals surface area (Å²) >= 11 is 12.2. The molecule has 0 aromatic heterocycles. The van der Waals surface area contributed by atoms with Crippen molar-refractivity contribution in [2.24, 2.45) is 4.99 Å². The fraction of sp³-hybridized carbons (Fsp3) is 0.0833. The van der Waals surface area contributed by atoms with Crippen molar-refractivity contribution in [3.63, 3.8) is 0 Å². The number of benzene rings is 3. The first-order valence-electron chi connectivity index (χ1n) is 9.47. The average Bonchev–Trinajstić information content (AvgIpc) is 3.15. The minimum Gasteiger partial charge on any atom is -0.493 e. The highest BCUT2D eigenvalue weighted by atomic mass is 127. The Morgan fingerprint density at radius 2 is 1.94 bits per heavy atom. The van der Waals surface area contributed by atoms with Crippen molar-refractivity contribution in [1.29, 1.82) is 0 Å². The summed E-state index contributed by atoms with van der Waals surface area (Å²) in [6.45, 7) is 0.350. The molecule has 0 aliphatic carbocycles. The van der Waals surface area contributed by atoms with Crippen LogP contribution in [0.1, 0.15) is 16.7 Å². The van der Waals surface area contributed by atoms with Crippen LogP contribution in [-0.2, 0) is 16.1 Å². The lowest BCUT2D eigenvalue weighted by Gasteiger charge is -2.13. The second-order valence-corrected chi connectivity index (χ2v) is 9.20. The van der Waals surface area contributed by atoms with E-state index in [0.29, 0.717) is 34.3 Å². The lowest BCUT2D eigenvalue weighted by Crippen LogP contribution is -2.05. The third-order valence-corrected chi connectivity index (χ3v) is 7.19. The Labute approximate surface area is 212 Å². The van der Waals surface area contributed by atoms with Crippen molar-refractivity contribution in [2.75, 3.05) is 7.11 Å². The molecule has 0 saturated heterocycles. The van der Waals surface area contributed by atoms with Crippen molar-refractivity contribution in [2.45, 2.75) is 6.61 Å². The first-order chi connectivity index (χ1) is 15.4. The van der Waals surface area contributed by atoms with Crippen LogP contribution >= 0.6 is 50.1 Å². The lowest BCUT2D eigenvalue weighted by atomic mass is 10.1. The summed E-state index contributed by atoms with van der Waals surface area (Å²) in [5, 5.41) is 0.365. The molecule has 4 rings (SSSR count). The first kappa shape index (κ1) is 22.8. The molecule has 0 spiro atoms. The molecule has 162 valence electrons. The van der Waals surface area contributed by atoms with Gasteiger partial charge in [-0.1, -0.05) is 41.9 Å². The highest BCUT2D eigenvalue weighted by Crippen LogP contribution is 2.38. The molecule has 3 aromatic rings. The number of nitrogens with zero attached hydrogens (tertiary/aromatic N) is 1. The van der Waals surface area contributed by atoms with Gasteiger partial charge in [-0.05, 0) is 86.1 Å². The number of carbonyl (C=O) groups is 1. The highest BCUT2D eigenvalue weighted by molar-refractivity contribution is 14.1. The number of hydrogen-bond donors (Lipinski definition) is 0. The third-order valence-electron chi connectivity index (χ3n) is 4.57. The van der Waals surface area contributed by atoms with Gasteiger partial charge in [-0.15, -0.1) is 0 Å². The summed E-state index contributed by atoms with van der Waals surface area (Å²) < 4.78 is 18.6. The Morgan fingerprint density at radius 1 is 1.16 bits per heavy atom. The molecule has 0 saturated carbocycles. The molecule has 0 atom stereocenters. The van der Waals surface area contributed by atoms with Crippen LogP contribution in [-0.4, -0.2) is 19.0 Å². The number of hydrogen-bond acceptors (Lipinski definition) is 5. The molecule has 0 radical (unpaired) electrons. The Hall–Kier alpha value is -2.36. The van der Waals surface area contributed by atoms with Gasteiger partial charge in [0, 0.05) is 13.6 Å². The van der Waals surface area contributed by atoms with Crippen LogP contribution < -0.4 is 9.47 Å². The average molecular weight is 625 g/mol. The number of halogens is 3. The summed E-state index contributed by atoms with van der Waals surface area (Å²) in [4.78, 5) is 16.7. The smallest absolute Gasteiger partial charge is 0.363 e. The van der Waals surface area contributed by atoms with Crippen LogP contribution in [0.25, 0.3) is 6.08 Å². The van der Waals surface area contributed by atoms with Gasteiger partial charge in [-0.3, -0.25) is 0 Å². The van der Waals surface area contributed by atoms with Gasteiger partial charge in [0.1, 0.15) is 6.61 Å². The van der Waals surface area contributed by atoms with Crippen LogP contribution in [0.2, 0.25) is 5.02 Å². The summed E-state index contributed by atoms with van der Waals surface area (Å²) in [6, 6.07) is 18.8. The van der Waals surface area contributed by atoms with Gasteiger partial charge in [0.05, 0.1) is 12.1 Å². The Morgan fingerprint density at radius 3 is 2.66 bits per heavy atom. The molecule has 32 heavy (non-hydrogen) atoms. The van der Waals surface area contributed by atoms with E-state index in [1.54, 1.807) is 18.2 Å². The quantitative estimate of drug-likeness (QED) is 0.175. The summed E-state index contributed by atoms with van der Waals surface area (Å²) in [5.74, 6) is 0.605. The predicted molar refractivity (Wildman–Crippen MR) is 136 cm³/mol. The molecule has 3 aromatic carbocycles. The zero-order chi connectivity index (χ0) is 22.7. The second-order valence-electron chi connectivity index (χ2n) is 6.77. The Bertz CT molecular complexity index is 1240. The minimum absolute atomic E-state index is 0.172. The standard InChI is InChI=1S/C24H16BrClINO4/c1-30-21-11-15(9-18(26)22(21)31-13-14-5-3-2-4-6-14)10-20-24(29)32-23(28-20)16-7-8-19(27)17(25)12-16/h2-12H,13H2,1H3/b20-10-. The molecule has 0 bridgehead atoms. The SMILES string of the molecule is COc1cc(/C=C2\N=C(c3ccc(I)c(Br)c3)OC2=O)cc(Cl)c1OCc1ccccc1. The summed E-state index contributed by atoms with van der Waals surface area (Å²) in [7, 11) is 1.53. The van der Waals surface area contributed by atoms with Crippen LogP contribution in [0.5, 0.6) is 11.5 Å². The number of cyclic esters (lactones) is 1. The maximum Gasteiger partial charge on any atom is 0.363 e. The summed E-state index contributed by atoms with van der Waals surface area (Å²) in [5.41, 5.74) is 2.52. The normalized spacial score (nSPS) is 14.3. The van der Waals surface area contributed by atoms with E-state index in [-0.39, 0.29) is 11.6 Å². The number of rotatable bonds is 6. The second kappa shape index (κ2) is 10.1. The van der Waals surface area contributed by atoms with E-state index in [0.717, 1.165) is 13.6 Å². The zero-order valence-electron chi connectivity index (χ0n) is 16.8. The molecule has 5 nitrogen and oxygen atoms in total. The molecule has 1 aliphatic rings. The van der Waals surface area contributed by atoms with Crippen molar-refractivity contribution in [1.82, 2.24) is 0 Å². The fourth-order valence-corrected chi connectivity index (χ4v) is 4.00. The molecule has 0 amide bonds. The van der Waals surface area contributed by atoms with Gasteiger partial charge in [-0.25, -0.2) is 9.79 Å². The van der Waals surface area contributed by atoms with Crippen molar-refractivity contribution in [3.8, 4) is 11.5 Å². The van der Waals surface area contributed by atoms with E-state index >= 15 is 0 Å². The third kappa shape index (κ3) is 5.16. The van der Waals surface area contributed by atoms with Crippen LogP contribution in [0, 0.1) is 3.57 Å². The molecule has 0 N–H and O–H groups in total. The monoisotopic (exact) mass is 623 g/mol. The molecule has 8 heteroatoms. The van der Waals surface area contributed by atoms with Gasteiger partial charge in [0.15, 0.2) is 17.2 Å². The largest absolute Gasteiger partial charge is 0.493 e. The van der Waals surface area contributed by atoms with Gasteiger partial charge < -0.3 is 14.2 Å². The maximum atomic E-state index is 12.4. The number of carbonyl (C=O) groups excluding carboxylic acids is 1. The highest BCUT2D eigenvalue weighted by Gasteiger charge is 2.25. The van der Waals surface area contributed by atoms with E-state index in [1.807, 2.05) is 48.5 Å².